The first-order valence-corrected chi connectivity index (χ1v) is 5.66. The van der Waals surface area contributed by atoms with E-state index in [1.54, 1.807) is 12.4 Å². The highest BCUT2D eigenvalue weighted by Crippen LogP contribution is 2.25. The molecule has 0 bridgehead atoms. The topological polar surface area (TPSA) is 70.5 Å². The zero-order chi connectivity index (χ0) is 12.7. The zero-order valence-electron chi connectivity index (χ0n) is 8.79. The van der Waals surface area contributed by atoms with Gasteiger partial charge >= 0.3 is 5.95 Å². The molecule has 2 heterocycles. The van der Waals surface area contributed by atoms with Gasteiger partial charge in [0.2, 0.25) is 0 Å². The van der Waals surface area contributed by atoms with Crippen LogP contribution in [0.5, 0.6) is 0 Å². The van der Waals surface area contributed by atoms with E-state index in [1.165, 1.54) is 23.0 Å². The molecule has 0 aliphatic heterocycles. The van der Waals surface area contributed by atoms with Crippen molar-refractivity contribution < 1.29 is 4.85 Å². The highest BCUT2D eigenvalue weighted by molar-refractivity contribution is 6.42. The van der Waals surface area contributed by atoms with Crippen molar-refractivity contribution in [1.29, 1.82) is 0 Å². The van der Waals surface area contributed by atoms with Gasteiger partial charge in [-0.2, -0.15) is 0 Å². The highest BCUT2D eigenvalue weighted by atomic mass is 35.5. The Morgan fingerprint density at radius 3 is 2.72 bits per heavy atom. The number of imidazole rings is 1. The molecule has 90 valence electrons. The summed E-state index contributed by atoms with van der Waals surface area (Å²) in [4.78, 5) is 8.55. The van der Waals surface area contributed by atoms with Gasteiger partial charge in [-0.1, -0.05) is 23.2 Å². The fourth-order valence-corrected chi connectivity index (χ4v) is 1.84. The molecule has 0 amide bonds. The van der Waals surface area contributed by atoms with Crippen LogP contribution in [0.4, 0.5) is 0 Å². The van der Waals surface area contributed by atoms with Crippen LogP contribution in [0.1, 0.15) is 0 Å². The van der Waals surface area contributed by atoms with Crippen molar-refractivity contribution in [3.63, 3.8) is 0 Å². The monoisotopic (exact) mass is 281 g/mol. The van der Waals surface area contributed by atoms with Crippen LogP contribution in [-0.4, -0.2) is 19.6 Å². The Kier molecular flexibility index (Phi) is 2.53. The summed E-state index contributed by atoms with van der Waals surface area (Å²) in [6.45, 7) is 0. The smallest absolute Gasteiger partial charge is 0.302 e. The van der Waals surface area contributed by atoms with Crippen LogP contribution in [0.15, 0.2) is 30.9 Å². The number of halogens is 2. The summed E-state index contributed by atoms with van der Waals surface area (Å²) in [5, 5.41) is 16.2. The van der Waals surface area contributed by atoms with E-state index in [-0.39, 0.29) is 16.5 Å². The molecule has 6 nitrogen and oxygen atoms in total. The minimum absolute atomic E-state index is 0.216. The number of benzene rings is 1. The van der Waals surface area contributed by atoms with Gasteiger partial charge in [0.15, 0.2) is 0 Å². The lowest BCUT2D eigenvalue weighted by atomic mass is 10.3. The van der Waals surface area contributed by atoms with Crippen LogP contribution in [0, 0.1) is 5.21 Å². The van der Waals surface area contributed by atoms with E-state index in [2.05, 4.69) is 15.1 Å². The second-order valence-corrected chi connectivity index (χ2v) is 4.32. The largest absolute Gasteiger partial charge is 0.594 e. The van der Waals surface area contributed by atoms with E-state index >= 15 is 0 Å². The van der Waals surface area contributed by atoms with E-state index in [0.717, 1.165) is 0 Å². The van der Waals surface area contributed by atoms with E-state index in [0.29, 0.717) is 15.4 Å². The molecule has 0 saturated heterocycles. The van der Waals surface area contributed by atoms with Crippen LogP contribution in [0.25, 0.3) is 17.0 Å². The molecule has 8 heteroatoms. The first-order chi connectivity index (χ1) is 8.65. The Hall–Kier alpha value is -1.92. The number of rotatable bonds is 1. The lowest BCUT2D eigenvalue weighted by Gasteiger charge is -2.03. The summed E-state index contributed by atoms with van der Waals surface area (Å²) in [6, 6.07) is 2.96. The maximum Gasteiger partial charge on any atom is 0.302 e. The van der Waals surface area contributed by atoms with Crippen LogP contribution in [0.3, 0.4) is 0 Å². The molecule has 0 atom stereocenters. The minimum atomic E-state index is 0.216. The van der Waals surface area contributed by atoms with Gasteiger partial charge in [0, 0.05) is 18.5 Å². The van der Waals surface area contributed by atoms with Crippen LogP contribution in [0.2, 0.25) is 10.0 Å². The molecule has 0 N–H and O–H groups in total. The molecule has 0 aliphatic rings. The van der Waals surface area contributed by atoms with Gasteiger partial charge in [-0.05, 0) is 10.9 Å². The fraction of sp³-hybridized carbons (Fsp3) is 0. The van der Waals surface area contributed by atoms with E-state index in [9.17, 15) is 5.21 Å². The average molecular weight is 282 g/mol. The lowest BCUT2D eigenvalue weighted by molar-refractivity contribution is -0.642. The number of nitrogens with zero attached hydrogens (tertiary/aromatic N) is 5. The summed E-state index contributed by atoms with van der Waals surface area (Å²) in [7, 11) is 0. The summed E-state index contributed by atoms with van der Waals surface area (Å²) in [5.41, 5.74) is 0.673. The molecule has 3 aromatic rings. The van der Waals surface area contributed by atoms with Gasteiger partial charge < -0.3 is 5.21 Å². The molecule has 0 radical (unpaired) electrons. The van der Waals surface area contributed by atoms with E-state index in [4.69, 9.17) is 23.2 Å². The minimum Gasteiger partial charge on any atom is -0.594 e. The van der Waals surface area contributed by atoms with Crippen molar-refractivity contribution in [3.05, 3.63) is 46.1 Å². The van der Waals surface area contributed by atoms with Crippen molar-refractivity contribution in [2.45, 2.75) is 0 Å². The van der Waals surface area contributed by atoms with Crippen molar-refractivity contribution in [2.24, 2.45) is 0 Å². The molecular formula is C10H5Cl2N5O. The van der Waals surface area contributed by atoms with Gasteiger partial charge in [0.1, 0.15) is 11.8 Å². The number of hydrogen-bond acceptors (Lipinski definition) is 4. The second-order valence-electron chi connectivity index (χ2n) is 3.51. The Morgan fingerprint density at radius 2 is 2.00 bits per heavy atom. The molecule has 0 saturated carbocycles. The molecular weight excluding hydrogens is 277 g/mol. The maximum atomic E-state index is 11.8. The van der Waals surface area contributed by atoms with Crippen molar-refractivity contribution in [2.75, 3.05) is 0 Å². The predicted octanol–water partition coefficient (Wildman–Crippen LogP) is 1.76. The van der Waals surface area contributed by atoms with Gasteiger partial charge in [-0.15, -0.1) is 0 Å². The van der Waals surface area contributed by atoms with E-state index in [1.807, 2.05) is 0 Å². The maximum absolute atomic E-state index is 11.8. The zero-order valence-corrected chi connectivity index (χ0v) is 10.3. The molecule has 18 heavy (non-hydrogen) atoms. The number of aromatic nitrogens is 5. The molecule has 0 spiro atoms. The summed E-state index contributed by atoms with van der Waals surface area (Å²) in [6.07, 6.45) is 4.70. The lowest BCUT2D eigenvalue weighted by Crippen LogP contribution is -2.34. The van der Waals surface area contributed by atoms with Crippen LogP contribution in [-0.2, 0) is 0 Å². The third-order valence-corrected chi connectivity index (χ3v) is 3.08. The summed E-state index contributed by atoms with van der Waals surface area (Å²) >= 11 is 11.7. The fourth-order valence-electron chi connectivity index (χ4n) is 1.52. The van der Waals surface area contributed by atoms with Gasteiger partial charge in [0.05, 0.1) is 15.1 Å². The Morgan fingerprint density at radius 1 is 1.22 bits per heavy atom. The molecule has 0 aliphatic carbocycles. The third-order valence-electron chi connectivity index (χ3n) is 2.36. The average Bonchev–Trinajstić information content (AvgIpc) is 2.85. The predicted molar refractivity (Wildman–Crippen MR) is 65.6 cm³/mol. The third kappa shape index (κ3) is 1.75. The molecule has 0 unspecified atom stereocenters. The van der Waals surface area contributed by atoms with Crippen molar-refractivity contribution in [1.82, 2.24) is 19.6 Å². The number of hydrogen-bond donors (Lipinski definition) is 0. The summed E-state index contributed by atoms with van der Waals surface area (Å²) in [5.74, 6) is 0.216. The number of fused-ring (bicyclic) bond motifs is 1. The SMILES string of the molecule is [O-][n+]1nc(-n2ccnc2)nc2cc(Cl)c(Cl)cc21. The van der Waals surface area contributed by atoms with Crippen molar-refractivity contribution in [3.8, 4) is 5.95 Å². The van der Waals surface area contributed by atoms with Crippen LogP contribution >= 0.6 is 23.2 Å². The first-order valence-electron chi connectivity index (χ1n) is 4.90. The van der Waals surface area contributed by atoms with Gasteiger partial charge in [0.25, 0.3) is 5.52 Å². The quantitative estimate of drug-likeness (QED) is 0.503. The normalized spacial score (nSPS) is 11.0. The Labute approximate surface area is 111 Å². The van der Waals surface area contributed by atoms with Crippen LogP contribution < -0.4 is 4.85 Å². The summed E-state index contributed by atoms with van der Waals surface area (Å²) < 4.78 is 1.52. The Bertz CT molecular complexity index is 729. The second kappa shape index (κ2) is 4.08. The molecule has 1 aromatic carbocycles. The molecule has 3 rings (SSSR count). The standard InChI is InChI=1S/C10H5Cl2N5O/c11-6-3-8-9(4-7(6)12)17(18)15-10(14-8)16-2-1-13-5-16/h1-5H. The van der Waals surface area contributed by atoms with E-state index < -0.39 is 0 Å². The van der Waals surface area contributed by atoms with Gasteiger partial charge in [-0.25, -0.2) is 9.97 Å². The highest BCUT2D eigenvalue weighted by Gasteiger charge is 2.14. The van der Waals surface area contributed by atoms with Crippen molar-refractivity contribution >= 4 is 34.2 Å². The molecule has 2 aromatic heterocycles. The first kappa shape index (κ1) is 11.2. The van der Waals surface area contributed by atoms with Gasteiger partial charge in [-0.3, -0.25) is 4.57 Å². The molecule has 0 fully saturated rings. The Balaban J connectivity index is 2.30.